The molecule has 0 bridgehead atoms. The molecule has 3 aromatic rings. The number of amides is 1. The first kappa shape index (κ1) is 20.2. The van der Waals surface area contributed by atoms with Crippen LogP contribution < -0.4 is 4.74 Å². The fourth-order valence-electron chi connectivity index (χ4n) is 2.89. The van der Waals surface area contributed by atoms with Gasteiger partial charge in [-0.3, -0.25) is 4.79 Å². The van der Waals surface area contributed by atoms with Crippen molar-refractivity contribution in [2.75, 3.05) is 0 Å². The van der Waals surface area contributed by atoms with Crippen LogP contribution in [0.4, 0.5) is 0 Å². The maximum absolute atomic E-state index is 13.2. The van der Waals surface area contributed by atoms with Crippen LogP contribution in [0, 0.1) is 0 Å². The molecule has 28 heavy (non-hydrogen) atoms. The molecule has 1 atom stereocenters. The van der Waals surface area contributed by atoms with E-state index in [0.29, 0.717) is 28.9 Å². The van der Waals surface area contributed by atoms with Crippen molar-refractivity contribution in [1.82, 2.24) is 4.90 Å². The van der Waals surface area contributed by atoms with Crippen molar-refractivity contribution >= 4 is 29.1 Å². The molecule has 1 unspecified atom stereocenters. The normalized spacial score (nSPS) is 11.7. The van der Waals surface area contributed by atoms with E-state index in [0.717, 1.165) is 11.1 Å². The Bertz CT molecular complexity index is 875. The van der Waals surface area contributed by atoms with E-state index in [4.69, 9.17) is 27.9 Å². The Morgan fingerprint density at radius 1 is 0.893 bits per heavy atom. The van der Waals surface area contributed by atoms with Gasteiger partial charge in [0.1, 0.15) is 5.75 Å². The topological polar surface area (TPSA) is 29.5 Å². The molecule has 0 spiro atoms. The zero-order chi connectivity index (χ0) is 19.9. The van der Waals surface area contributed by atoms with Crippen molar-refractivity contribution in [3.63, 3.8) is 0 Å². The van der Waals surface area contributed by atoms with Crippen molar-refractivity contribution in [3.8, 4) is 5.75 Å². The zero-order valence-electron chi connectivity index (χ0n) is 15.5. The van der Waals surface area contributed by atoms with Crippen LogP contribution >= 0.6 is 23.2 Å². The summed E-state index contributed by atoms with van der Waals surface area (Å²) in [6.45, 7) is 2.73. The van der Waals surface area contributed by atoms with Gasteiger partial charge in [-0.05, 0) is 36.2 Å². The van der Waals surface area contributed by atoms with Gasteiger partial charge in [0.25, 0.3) is 5.91 Å². The summed E-state index contributed by atoms with van der Waals surface area (Å²) in [7, 11) is 0. The summed E-state index contributed by atoms with van der Waals surface area (Å²) < 4.78 is 5.84. The van der Waals surface area contributed by atoms with E-state index in [1.165, 1.54) is 0 Å². The first-order valence-electron chi connectivity index (χ1n) is 9.01. The molecular weight excluding hydrogens is 393 g/mol. The smallest absolute Gasteiger partial charge is 0.263 e. The highest BCUT2D eigenvalue weighted by atomic mass is 35.5. The third kappa shape index (κ3) is 5.51. The Hall–Kier alpha value is -2.49. The summed E-state index contributed by atoms with van der Waals surface area (Å²) in [5.74, 6) is 0.324. The fourth-order valence-corrected chi connectivity index (χ4v) is 3.34. The lowest BCUT2D eigenvalue weighted by molar-refractivity contribution is -0.139. The van der Waals surface area contributed by atoms with E-state index in [-0.39, 0.29) is 5.91 Å². The minimum Gasteiger partial charge on any atom is -0.479 e. The van der Waals surface area contributed by atoms with Crippen molar-refractivity contribution in [1.29, 1.82) is 0 Å². The van der Waals surface area contributed by atoms with Crippen LogP contribution in [0.5, 0.6) is 5.75 Å². The van der Waals surface area contributed by atoms with Crippen LogP contribution in [-0.4, -0.2) is 16.9 Å². The van der Waals surface area contributed by atoms with E-state index < -0.39 is 6.10 Å². The molecule has 0 aliphatic carbocycles. The molecule has 0 aliphatic heterocycles. The van der Waals surface area contributed by atoms with Gasteiger partial charge in [-0.1, -0.05) is 83.9 Å². The maximum Gasteiger partial charge on any atom is 0.263 e. The molecule has 0 aliphatic rings. The highest BCUT2D eigenvalue weighted by Gasteiger charge is 2.23. The lowest BCUT2D eigenvalue weighted by atomic mass is 10.1. The van der Waals surface area contributed by atoms with Gasteiger partial charge in [-0.2, -0.15) is 0 Å². The highest BCUT2D eigenvalue weighted by Crippen LogP contribution is 2.28. The quantitative estimate of drug-likeness (QED) is 0.475. The summed E-state index contributed by atoms with van der Waals surface area (Å²) >= 11 is 12.1. The molecule has 0 heterocycles. The Labute approximate surface area is 175 Å². The van der Waals surface area contributed by atoms with Gasteiger partial charge in [0.05, 0.1) is 5.02 Å². The Morgan fingerprint density at radius 3 is 1.93 bits per heavy atom. The molecule has 144 valence electrons. The highest BCUT2D eigenvalue weighted by molar-refractivity contribution is 6.35. The van der Waals surface area contributed by atoms with Crippen LogP contribution in [0.1, 0.15) is 18.1 Å². The van der Waals surface area contributed by atoms with E-state index in [2.05, 4.69) is 0 Å². The molecule has 0 N–H and O–H groups in total. The summed E-state index contributed by atoms with van der Waals surface area (Å²) in [5, 5.41) is 0.899. The minimum absolute atomic E-state index is 0.112. The van der Waals surface area contributed by atoms with Gasteiger partial charge in [-0.25, -0.2) is 0 Å². The molecule has 0 aromatic heterocycles. The fraction of sp³-hybridized carbons (Fsp3) is 0.174. The standard InChI is InChI=1S/C23H21Cl2NO2/c1-17(28-22-13-12-20(24)14-21(22)25)23(27)26(15-18-8-4-2-5-9-18)16-19-10-6-3-7-11-19/h2-14,17H,15-16H2,1H3. The lowest BCUT2D eigenvalue weighted by Gasteiger charge is -2.26. The summed E-state index contributed by atoms with van der Waals surface area (Å²) in [6, 6.07) is 24.8. The molecule has 3 nitrogen and oxygen atoms in total. The predicted molar refractivity (Wildman–Crippen MR) is 114 cm³/mol. The first-order valence-corrected chi connectivity index (χ1v) is 9.77. The second-order valence-electron chi connectivity index (χ2n) is 6.50. The molecule has 3 rings (SSSR count). The van der Waals surface area contributed by atoms with Gasteiger partial charge in [0, 0.05) is 18.1 Å². The van der Waals surface area contributed by atoms with E-state index in [1.54, 1.807) is 30.0 Å². The molecule has 3 aromatic carbocycles. The number of halogens is 2. The van der Waals surface area contributed by atoms with Crippen LogP contribution in [0.25, 0.3) is 0 Å². The number of hydrogen-bond acceptors (Lipinski definition) is 2. The van der Waals surface area contributed by atoms with Gasteiger partial charge in [-0.15, -0.1) is 0 Å². The lowest BCUT2D eigenvalue weighted by Crippen LogP contribution is -2.39. The predicted octanol–water partition coefficient (Wildman–Crippen LogP) is 5.99. The van der Waals surface area contributed by atoms with Crippen LogP contribution in [0.3, 0.4) is 0 Å². The van der Waals surface area contributed by atoms with Crippen LogP contribution in [-0.2, 0) is 17.9 Å². The largest absolute Gasteiger partial charge is 0.479 e. The molecule has 1 amide bonds. The SMILES string of the molecule is CC(Oc1ccc(Cl)cc1Cl)C(=O)N(Cc1ccccc1)Cc1ccccc1. The Balaban J connectivity index is 1.78. The van der Waals surface area contributed by atoms with Crippen LogP contribution in [0.2, 0.25) is 10.0 Å². The van der Waals surface area contributed by atoms with Crippen molar-refractivity contribution < 1.29 is 9.53 Å². The Kier molecular flexibility index (Phi) is 6.96. The number of rotatable bonds is 7. The third-order valence-electron chi connectivity index (χ3n) is 4.29. The molecule has 0 fully saturated rings. The number of nitrogens with zero attached hydrogens (tertiary/aromatic N) is 1. The number of hydrogen-bond donors (Lipinski definition) is 0. The van der Waals surface area contributed by atoms with Gasteiger partial charge in [0.2, 0.25) is 0 Å². The number of carbonyl (C=O) groups excluding carboxylic acids is 1. The molecule has 0 saturated carbocycles. The number of ether oxygens (including phenoxy) is 1. The van der Waals surface area contributed by atoms with Gasteiger partial charge in [0.15, 0.2) is 6.10 Å². The second-order valence-corrected chi connectivity index (χ2v) is 7.34. The minimum atomic E-state index is -0.689. The first-order chi connectivity index (χ1) is 13.5. The van der Waals surface area contributed by atoms with E-state index in [1.807, 2.05) is 60.7 Å². The molecule has 5 heteroatoms. The molecule has 0 saturated heterocycles. The number of carbonyl (C=O) groups is 1. The van der Waals surface area contributed by atoms with Gasteiger partial charge < -0.3 is 9.64 Å². The molecule has 0 radical (unpaired) electrons. The summed E-state index contributed by atoms with van der Waals surface area (Å²) in [6.07, 6.45) is -0.689. The van der Waals surface area contributed by atoms with E-state index in [9.17, 15) is 4.79 Å². The van der Waals surface area contributed by atoms with Gasteiger partial charge >= 0.3 is 0 Å². The summed E-state index contributed by atoms with van der Waals surface area (Å²) in [4.78, 5) is 15.0. The zero-order valence-corrected chi connectivity index (χ0v) is 17.0. The van der Waals surface area contributed by atoms with E-state index >= 15 is 0 Å². The van der Waals surface area contributed by atoms with Crippen molar-refractivity contribution in [2.24, 2.45) is 0 Å². The number of benzene rings is 3. The Morgan fingerprint density at radius 2 is 1.43 bits per heavy atom. The maximum atomic E-state index is 13.2. The second kappa shape index (κ2) is 9.63. The monoisotopic (exact) mass is 413 g/mol. The van der Waals surface area contributed by atoms with Crippen molar-refractivity contribution in [3.05, 3.63) is 100 Å². The molecular formula is C23H21Cl2NO2. The third-order valence-corrected chi connectivity index (χ3v) is 4.82. The van der Waals surface area contributed by atoms with Crippen LogP contribution in [0.15, 0.2) is 78.9 Å². The average Bonchev–Trinajstić information content (AvgIpc) is 2.70. The average molecular weight is 414 g/mol. The van der Waals surface area contributed by atoms with Crippen molar-refractivity contribution in [2.45, 2.75) is 26.1 Å². The summed E-state index contributed by atoms with van der Waals surface area (Å²) in [5.41, 5.74) is 2.12.